The van der Waals surface area contributed by atoms with Crippen molar-refractivity contribution < 1.29 is 17.9 Å². The molecule has 5 nitrogen and oxygen atoms in total. The zero-order valence-electron chi connectivity index (χ0n) is 10.3. The molecule has 2 N–H and O–H groups in total. The molecule has 1 heterocycles. The first-order valence-corrected chi connectivity index (χ1v) is 7.44. The van der Waals surface area contributed by atoms with Gasteiger partial charge in [-0.05, 0) is 32.0 Å². The van der Waals surface area contributed by atoms with Gasteiger partial charge in [-0.25, -0.2) is 8.42 Å². The largest absolute Gasteiger partial charge is 0.486 e. The van der Waals surface area contributed by atoms with Gasteiger partial charge in [0.2, 0.25) is 0 Å². The maximum absolute atomic E-state index is 12.3. The Balaban J connectivity index is 2.33. The van der Waals surface area contributed by atoms with Crippen LogP contribution in [0.5, 0.6) is 11.5 Å². The van der Waals surface area contributed by atoms with E-state index in [0.29, 0.717) is 37.7 Å². The van der Waals surface area contributed by atoms with Crippen LogP contribution < -0.4 is 15.2 Å². The Morgan fingerprint density at radius 3 is 2.61 bits per heavy atom. The quantitative estimate of drug-likeness (QED) is 0.882. The van der Waals surface area contributed by atoms with Gasteiger partial charge in [0, 0.05) is 6.07 Å². The summed E-state index contributed by atoms with van der Waals surface area (Å²) in [7, 11) is -3.35. The molecule has 0 radical (unpaired) electrons. The number of ether oxygens (including phenoxy) is 2. The van der Waals surface area contributed by atoms with Gasteiger partial charge in [0.1, 0.15) is 13.2 Å². The number of rotatable bonds is 4. The molecule has 1 unspecified atom stereocenters. The maximum Gasteiger partial charge on any atom is 0.181 e. The van der Waals surface area contributed by atoms with Crippen molar-refractivity contribution in [3.63, 3.8) is 0 Å². The van der Waals surface area contributed by atoms with Crippen LogP contribution in [-0.2, 0) is 9.84 Å². The summed E-state index contributed by atoms with van der Waals surface area (Å²) < 4.78 is 35.3. The van der Waals surface area contributed by atoms with Crippen LogP contribution in [0.2, 0.25) is 0 Å². The standard InChI is InChI=1S/C12H17NO4S/c1-9(4-5-13)18(14,15)10-2-3-11-12(8-10)17-7-6-16-11/h2-3,8-9H,4-7,13H2,1H3. The number of hydrogen-bond acceptors (Lipinski definition) is 5. The molecule has 1 atom stereocenters. The fourth-order valence-electron chi connectivity index (χ4n) is 1.82. The van der Waals surface area contributed by atoms with E-state index < -0.39 is 15.1 Å². The van der Waals surface area contributed by atoms with Crippen molar-refractivity contribution in [2.45, 2.75) is 23.5 Å². The molecule has 0 aliphatic carbocycles. The smallest absolute Gasteiger partial charge is 0.181 e. The van der Waals surface area contributed by atoms with Crippen molar-refractivity contribution in [2.75, 3.05) is 19.8 Å². The highest BCUT2D eigenvalue weighted by Gasteiger charge is 2.24. The van der Waals surface area contributed by atoms with Crippen molar-refractivity contribution in [1.82, 2.24) is 0 Å². The van der Waals surface area contributed by atoms with Crippen LogP contribution in [0.4, 0.5) is 0 Å². The molecule has 0 fully saturated rings. The Labute approximate surface area is 107 Å². The van der Waals surface area contributed by atoms with Crippen molar-refractivity contribution in [3.05, 3.63) is 18.2 Å². The molecule has 0 spiro atoms. The first-order valence-electron chi connectivity index (χ1n) is 5.89. The summed E-state index contributed by atoms with van der Waals surface area (Å²) in [4.78, 5) is 0.257. The number of hydrogen-bond donors (Lipinski definition) is 1. The van der Waals surface area contributed by atoms with Crippen molar-refractivity contribution >= 4 is 9.84 Å². The van der Waals surface area contributed by atoms with E-state index in [9.17, 15) is 8.42 Å². The lowest BCUT2D eigenvalue weighted by Gasteiger charge is -2.19. The Morgan fingerprint density at radius 1 is 1.28 bits per heavy atom. The molecule has 6 heteroatoms. The highest BCUT2D eigenvalue weighted by molar-refractivity contribution is 7.92. The molecule has 1 aliphatic rings. The molecule has 0 amide bonds. The Morgan fingerprint density at radius 2 is 1.94 bits per heavy atom. The highest BCUT2D eigenvalue weighted by Crippen LogP contribution is 2.33. The third-order valence-corrected chi connectivity index (χ3v) is 5.15. The Bertz CT molecular complexity index is 527. The maximum atomic E-state index is 12.3. The molecule has 100 valence electrons. The summed E-state index contributed by atoms with van der Waals surface area (Å²) in [6.07, 6.45) is 0.441. The SMILES string of the molecule is CC(CCN)S(=O)(=O)c1ccc2c(c1)OCCO2. The minimum absolute atomic E-state index is 0.257. The fourth-order valence-corrected chi connectivity index (χ4v) is 3.26. The van der Waals surface area contributed by atoms with Gasteiger partial charge in [0.15, 0.2) is 21.3 Å². The summed E-state index contributed by atoms with van der Waals surface area (Å²) in [6, 6.07) is 4.71. The molecule has 0 bridgehead atoms. The Kier molecular flexibility index (Phi) is 3.77. The summed E-state index contributed by atoms with van der Waals surface area (Å²) in [5.74, 6) is 1.08. The molecule has 0 saturated heterocycles. The van der Waals surface area contributed by atoms with Gasteiger partial charge in [0.05, 0.1) is 10.1 Å². The van der Waals surface area contributed by atoms with Crippen LogP contribution in [-0.4, -0.2) is 33.4 Å². The molecular weight excluding hydrogens is 254 g/mol. The second-order valence-electron chi connectivity index (χ2n) is 4.24. The molecule has 18 heavy (non-hydrogen) atoms. The molecule has 1 aromatic carbocycles. The van der Waals surface area contributed by atoms with Gasteiger partial charge >= 0.3 is 0 Å². The van der Waals surface area contributed by atoms with Crippen molar-refractivity contribution in [1.29, 1.82) is 0 Å². The Hall–Kier alpha value is -1.27. The van der Waals surface area contributed by atoms with Crippen molar-refractivity contribution in [2.24, 2.45) is 5.73 Å². The van der Waals surface area contributed by atoms with Gasteiger partial charge in [-0.1, -0.05) is 0 Å². The first-order chi connectivity index (χ1) is 8.55. The molecule has 2 rings (SSSR count). The van der Waals surface area contributed by atoms with E-state index in [0.717, 1.165) is 0 Å². The van der Waals surface area contributed by atoms with E-state index >= 15 is 0 Å². The van der Waals surface area contributed by atoms with Crippen LogP contribution in [0.25, 0.3) is 0 Å². The zero-order valence-corrected chi connectivity index (χ0v) is 11.1. The van der Waals surface area contributed by atoms with E-state index in [-0.39, 0.29) is 4.90 Å². The highest BCUT2D eigenvalue weighted by atomic mass is 32.2. The van der Waals surface area contributed by atoms with E-state index in [4.69, 9.17) is 15.2 Å². The predicted molar refractivity (Wildman–Crippen MR) is 67.8 cm³/mol. The number of benzene rings is 1. The average molecular weight is 271 g/mol. The number of sulfone groups is 1. The predicted octanol–water partition coefficient (Wildman–Crippen LogP) is 0.969. The van der Waals surface area contributed by atoms with Crippen LogP contribution in [0.3, 0.4) is 0 Å². The normalized spacial score (nSPS) is 16.3. The van der Waals surface area contributed by atoms with E-state index in [1.165, 1.54) is 6.07 Å². The second kappa shape index (κ2) is 5.16. The minimum Gasteiger partial charge on any atom is -0.486 e. The summed E-state index contributed by atoms with van der Waals surface area (Å²) in [5, 5.41) is -0.495. The molecule has 1 aromatic rings. The summed E-state index contributed by atoms with van der Waals surface area (Å²) in [5.41, 5.74) is 5.41. The number of fused-ring (bicyclic) bond motifs is 1. The average Bonchev–Trinajstić information content (AvgIpc) is 2.38. The summed E-state index contributed by atoms with van der Waals surface area (Å²) in [6.45, 7) is 2.95. The van der Waals surface area contributed by atoms with Gasteiger partial charge in [-0.3, -0.25) is 0 Å². The lowest BCUT2D eigenvalue weighted by Crippen LogP contribution is -2.22. The van der Waals surface area contributed by atoms with Crippen LogP contribution in [0.15, 0.2) is 23.1 Å². The van der Waals surface area contributed by atoms with Crippen LogP contribution in [0.1, 0.15) is 13.3 Å². The first kappa shape index (κ1) is 13.2. The van der Waals surface area contributed by atoms with Gasteiger partial charge in [0.25, 0.3) is 0 Å². The second-order valence-corrected chi connectivity index (χ2v) is 6.60. The van der Waals surface area contributed by atoms with E-state index in [1.807, 2.05) is 0 Å². The monoisotopic (exact) mass is 271 g/mol. The van der Waals surface area contributed by atoms with E-state index in [2.05, 4.69) is 0 Å². The summed E-state index contributed by atoms with van der Waals surface area (Å²) >= 11 is 0. The van der Waals surface area contributed by atoms with Gasteiger partial charge < -0.3 is 15.2 Å². The molecule has 0 saturated carbocycles. The van der Waals surface area contributed by atoms with Crippen molar-refractivity contribution in [3.8, 4) is 11.5 Å². The zero-order chi connectivity index (χ0) is 13.2. The molecule has 1 aliphatic heterocycles. The number of nitrogens with two attached hydrogens (primary N) is 1. The van der Waals surface area contributed by atoms with Gasteiger partial charge in [-0.15, -0.1) is 0 Å². The lowest BCUT2D eigenvalue weighted by atomic mass is 10.3. The molecule has 0 aromatic heterocycles. The third-order valence-electron chi connectivity index (χ3n) is 2.95. The third kappa shape index (κ3) is 2.44. The molecular formula is C12H17NO4S. The minimum atomic E-state index is -3.35. The van der Waals surface area contributed by atoms with E-state index in [1.54, 1.807) is 19.1 Å². The topological polar surface area (TPSA) is 78.6 Å². The fraction of sp³-hybridized carbons (Fsp3) is 0.500. The van der Waals surface area contributed by atoms with Crippen LogP contribution in [0, 0.1) is 0 Å². The van der Waals surface area contributed by atoms with Gasteiger partial charge in [-0.2, -0.15) is 0 Å². The lowest BCUT2D eigenvalue weighted by molar-refractivity contribution is 0.171. The van der Waals surface area contributed by atoms with Crippen LogP contribution >= 0.6 is 0 Å².